The molecule has 0 aliphatic carbocycles. The Bertz CT molecular complexity index is 152. The molecule has 0 saturated carbocycles. The molecule has 6 heteroatoms. The summed E-state index contributed by atoms with van der Waals surface area (Å²) < 4.78 is 0. The molecule has 6 nitrogen and oxygen atoms in total. The van der Waals surface area contributed by atoms with Gasteiger partial charge in [-0.05, 0) is 0 Å². The molecule has 11 heavy (non-hydrogen) atoms. The second-order valence-corrected chi connectivity index (χ2v) is 2.10. The number of amides is 1. The zero-order valence-electron chi connectivity index (χ0n) is 5.73. The lowest BCUT2D eigenvalue weighted by Gasteiger charge is -2.08. The van der Waals surface area contributed by atoms with Gasteiger partial charge < -0.3 is 21.7 Å². The van der Waals surface area contributed by atoms with Crippen molar-refractivity contribution in [1.82, 2.24) is 0 Å². The van der Waals surface area contributed by atoms with Crippen molar-refractivity contribution in [1.29, 1.82) is 0 Å². The van der Waals surface area contributed by atoms with E-state index in [2.05, 4.69) is 5.73 Å². The lowest BCUT2D eigenvalue weighted by Crippen LogP contribution is -2.39. The number of aliphatic hydroxyl groups excluding tert-OH is 1. The summed E-state index contributed by atoms with van der Waals surface area (Å²) in [6.07, 6.45) is -1.84. The lowest BCUT2D eigenvalue weighted by molar-refractivity contribution is -0.139. The number of carbonyl (C=O) groups is 2. The summed E-state index contributed by atoms with van der Waals surface area (Å²) in [5.41, 5.74) is 9.63. The Kier molecular flexibility index (Phi) is 3.49. The Labute approximate surface area is 62.8 Å². The van der Waals surface area contributed by atoms with Gasteiger partial charge in [0.2, 0.25) is 5.91 Å². The normalized spacial score (nSPS) is 15.5. The van der Waals surface area contributed by atoms with E-state index in [1.807, 2.05) is 0 Å². The number of carboxylic acids is 1. The SMILES string of the molecule is NC(=O)[C@@H](O)C[C@H](N)C(=O)O. The molecule has 1 amide bonds. The molecule has 0 bridgehead atoms. The molecule has 0 aromatic rings. The van der Waals surface area contributed by atoms with Crippen LogP contribution in [0.1, 0.15) is 6.42 Å². The highest BCUT2D eigenvalue weighted by Gasteiger charge is 2.19. The number of primary amides is 1. The van der Waals surface area contributed by atoms with E-state index in [1.54, 1.807) is 0 Å². The van der Waals surface area contributed by atoms with Crippen molar-refractivity contribution in [3.8, 4) is 0 Å². The molecule has 2 atom stereocenters. The minimum Gasteiger partial charge on any atom is -0.480 e. The highest BCUT2D eigenvalue weighted by atomic mass is 16.4. The predicted molar refractivity (Wildman–Crippen MR) is 35.4 cm³/mol. The molecule has 0 saturated heterocycles. The number of nitrogens with two attached hydrogens (primary N) is 2. The molecule has 0 aliphatic rings. The maximum atomic E-state index is 10.2. The Morgan fingerprint density at radius 1 is 1.45 bits per heavy atom. The summed E-state index contributed by atoms with van der Waals surface area (Å²) in [7, 11) is 0. The third-order valence-corrected chi connectivity index (χ3v) is 1.12. The molecule has 0 aromatic heterocycles. The average Bonchev–Trinajstić information content (AvgIpc) is 1.87. The van der Waals surface area contributed by atoms with Gasteiger partial charge in [0.1, 0.15) is 12.1 Å². The Hall–Kier alpha value is -1.14. The van der Waals surface area contributed by atoms with Crippen LogP contribution in [0.3, 0.4) is 0 Å². The molecule has 0 rings (SSSR count). The van der Waals surface area contributed by atoms with Gasteiger partial charge >= 0.3 is 5.97 Å². The summed E-state index contributed by atoms with van der Waals surface area (Å²) in [5, 5.41) is 17.0. The quantitative estimate of drug-likeness (QED) is 0.367. The van der Waals surface area contributed by atoms with Gasteiger partial charge in [-0.15, -0.1) is 0 Å². The highest BCUT2D eigenvalue weighted by Crippen LogP contribution is 1.94. The first-order valence-electron chi connectivity index (χ1n) is 2.91. The number of carbonyl (C=O) groups excluding carboxylic acids is 1. The standard InChI is InChI=1S/C5H10N2O4/c6-2(5(10)11)1-3(8)4(7)9/h2-3,8H,1,6H2,(H2,7,9)(H,10,11)/t2-,3-/m0/s1. The van der Waals surface area contributed by atoms with Gasteiger partial charge in [-0.2, -0.15) is 0 Å². The summed E-state index contributed by atoms with van der Waals surface area (Å²) in [6.45, 7) is 0. The van der Waals surface area contributed by atoms with Crippen LogP contribution in [-0.4, -0.2) is 34.2 Å². The molecule has 0 radical (unpaired) electrons. The van der Waals surface area contributed by atoms with Gasteiger partial charge in [-0.25, -0.2) is 0 Å². The summed E-state index contributed by atoms with van der Waals surface area (Å²) >= 11 is 0. The molecule has 0 spiro atoms. The zero-order chi connectivity index (χ0) is 9.02. The number of carboxylic acid groups (broad SMARTS) is 1. The van der Waals surface area contributed by atoms with E-state index in [0.29, 0.717) is 0 Å². The maximum absolute atomic E-state index is 10.2. The molecular weight excluding hydrogens is 152 g/mol. The minimum absolute atomic E-state index is 0.356. The molecular formula is C5H10N2O4. The van der Waals surface area contributed by atoms with E-state index in [-0.39, 0.29) is 6.42 Å². The molecule has 64 valence electrons. The van der Waals surface area contributed by atoms with Crippen LogP contribution < -0.4 is 11.5 Å². The highest BCUT2D eigenvalue weighted by molar-refractivity contribution is 5.80. The Morgan fingerprint density at radius 2 is 1.91 bits per heavy atom. The predicted octanol–water partition coefficient (Wildman–Crippen LogP) is -2.37. The zero-order valence-corrected chi connectivity index (χ0v) is 5.73. The molecule has 0 fully saturated rings. The van der Waals surface area contributed by atoms with E-state index < -0.39 is 24.0 Å². The molecule has 0 heterocycles. The van der Waals surface area contributed by atoms with Crippen molar-refractivity contribution in [2.75, 3.05) is 0 Å². The van der Waals surface area contributed by atoms with E-state index in [9.17, 15) is 9.59 Å². The fraction of sp³-hybridized carbons (Fsp3) is 0.600. The smallest absolute Gasteiger partial charge is 0.320 e. The molecule has 6 N–H and O–H groups in total. The van der Waals surface area contributed by atoms with Crippen LogP contribution in [0, 0.1) is 0 Å². The lowest BCUT2D eigenvalue weighted by atomic mass is 10.1. The van der Waals surface area contributed by atoms with Crippen LogP contribution in [-0.2, 0) is 9.59 Å². The van der Waals surface area contributed by atoms with Gasteiger partial charge in [-0.3, -0.25) is 9.59 Å². The van der Waals surface area contributed by atoms with Crippen LogP contribution >= 0.6 is 0 Å². The number of aliphatic hydroxyl groups is 1. The van der Waals surface area contributed by atoms with E-state index >= 15 is 0 Å². The van der Waals surface area contributed by atoms with Crippen molar-refractivity contribution >= 4 is 11.9 Å². The summed E-state index contributed by atoms with van der Waals surface area (Å²) in [6, 6.07) is -1.25. The first kappa shape index (κ1) is 9.86. The van der Waals surface area contributed by atoms with E-state index in [4.69, 9.17) is 15.9 Å². The molecule has 0 aromatic carbocycles. The third kappa shape index (κ3) is 3.54. The van der Waals surface area contributed by atoms with Crippen molar-refractivity contribution in [3.63, 3.8) is 0 Å². The van der Waals surface area contributed by atoms with Gasteiger partial charge in [0.25, 0.3) is 0 Å². The van der Waals surface area contributed by atoms with Crippen LogP contribution in [0.2, 0.25) is 0 Å². The number of aliphatic carboxylic acids is 1. The van der Waals surface area contributed by atoms with Crippen LogP contribution in [0.15, 0.2) is 0 Å². The Balaban J connectivity index is 3.84. The fourth-order valence-corrected chi connectivity index (χ4v) is 0.458. The first-order chi connectivity index (χ1) is 4.95. The van der Waals surface area contributed by atoms with Crippen molar-refractivity contribution in [2.45, 2.75) is 18.6 Å². The largest absolute Gasteiger partial charge is 0.480 e. The van der Waals surface area contributed by atoms with Gasteiger partial charge in [0, 0.05) is 6.42 Å². The van der Waals surface area contributed by atoms with Gasteiger partial charge in [0.15, 0.2) is 0 Å². The number of rotatable bonds is 4. The number of hydrogen-bond donors (Lipinski definition) is 4. The van der Waals surface area contributed by atoms with Gasteiger partial charge in [0.05, 0.1) is 0 Å². The maximum Gasteiger partial charge on any atom is 0.320 e. The van der Waals surface area contributed by atoms with Crippen molar-refractivity contribution in [2.24, 2.45) is 11.5 Å². The monoisotopic (exact) mass is 162 g/mol. The molecule has 0 aliphatic heterocycles. The minimum atomic E-state index is -1.49. The third-order valence-electron chi connectivity index (χ3n) is 1.12. The topological polar surface area (TPSA) is 127 Å². The second-order valence-electron chi connectivity index (χ2n) is 2.10. The fourth-order valence-electron chi connectivity index (χ4n) is 0.458. The van der Waals surface area contributed by atoms with Crippen molar-refractivity contribution in [3.05, 3.63) is 0 Å². The van der Waals surface area contributed by atoms with Crippen LogP contribution in [0.4, 0.5) is 0 Å². The van der Waals surface area contributed by atoms with Crippen LogP contribution in [0.25, 0.3) is 0 Å². The second kappa shape index (κ2) is 3.89. The summed E-state index contributed by atoms with van der Waals surface area (Å²) in [4.78, 5) is 20.3. The van der Waals surface area contributed by atoms with E-state index in [1.165, 1.54) is 0 Å². The first-order valence-corrected chi connectivity index (χ1v) is 2.91. The Morgan fingerprint density at radius 3 is 2.18 bits per heavy atom. The summed E-state index contributed by atoms with van der Waals surface area (Å²) in [5.74, 6) is -2.24. The van der Waals surface area contributed by atoms with Crippen molar-refractivity contribution < 1.29 is 19.8 Å². The van der Waals surface area contributed by atoms with Gasteiger partial charge in [-0.1, -0.05) is 0 Å². The number of hydrogen-bond acceptors (Lipinski definition) is 4. The van der Waals surface area contributed by atoms with E-state index in [0.717, 1.165) is 0 Å². The molecule has 0 unspecified atom stereocenters. The van der Waals surface area contributed by atoms with Crippen LogP contribution in [0.5, 0.6) is 0 Å². The average molecular weight is 162 g/mol.